The third kappa shape index (κ3) is 7.96. The monoisotopic (exact) mass is 131 g/mol. The minimum atomic E-state index is 0.699. The van der Waals surface area contributed by atoms with Crippen LogP contribution in [0.25, 0.3) is 0 Å². The van der Waals surface area contributed by atoms with Gasteiger partial charge in [0.2, 0.25) is 0 Å². The highest BCUT2D eigenvalue weighted by Gasteiger charge is 1.95. The maximum absolute atomic E-state index is 2.29. The van der Waals surface area contributed by atoms with E-state index in [2.05, 4.69) is 32.7 Å². The van der Waals surface area contributed by atoms with Gasteiger partial charge >= 0.3 is 0 Å². The van der Waals surface area contributed by atoms with Crippen LogP contribution in [0.1, 0.15) is 34.6 Å². The Bertz CT molecular complexity index is 41.8. The molecular formula is C8H21N. The zero-order chi connectivity index (χ0) is 7.86. The van der Waals surface area contributed by atoms with Crippen molar-refractivity contribution in [1.82, 2.24) is 4.90 Å². The summed E-state index contributed by atoms with van der Waals surface area (Å²) in [6.07, 6.45) is 0. The van der Waals surface area contributed by atoms with Gasteiger partial charge in [0.05, 0.1) is 0 Å². The van der Waals surface area contributed by atoms with Gasteiger partial charge < -0.3 is 4.90 Å². The normalized spacial score (nSPS) is 9.33. The zero-order valence-electron chi connectivity index (χ0n) is 7.73. The lowest BCUT2D eigenvalue weighted by atomic mass is 10.3. The molecule has 0 spiro atoms. The minimum Gasteiger partial charge on any atom is -0.304 e. The van der Waals surface area contributed by atoms with Crippen LogP contribution >= 0.6 is 0 Å². The van der Waals surface area contributed by atoms with Crippen LogP contribution in [0, 0.1) is 0 Å². The predicted molar refractivity (Wildman–Crippen MR) is 44.8 cm³/mol. The number of rotatable bonds is 2. The summed E-state index contributed by atoms with van der Waals surface area (Å²) in [5.74, 6) is 0. The third-order valence-electron chi connectivity index (χ3n) is 1.38. The Kier molecular flexibility index (Phi) is 10.4. The van der Waals surface area contributed by atoms with E-state index in [1.807, 2.05) is 13.8 Å². The van der Waals surface area contributed by atoms with Crippen molar-refractivity contribution in [3.8, 4) is 0 Å². The highest BCUT2D eigenvalue weighted by molar-refractivity contribution is 4.51. The summed E-state index contributed by atoms with van der Waals surface area (Å²) in [6.45, 7) is 11.7. The molecule has 0 radical (unpaired) electrons. The van der Waals surface area contributed by atoms with E-state index in [0.717, 1.165) is 6.54 Å². The number of hydrogen-bond donors (Lipinski definition) is 0. The number of nitrogens with zero attached hydrogens (tertiary/aromatic N) is 1. The Labute approximate surface area is 60.1 Å². The van der Waals surface area contributed by atoms with Gasteiger partial charge in [-0.25, -0.2) is 0 Å². The van der Waals surface area contributed by atoms with Crippen molar-refractivity contribution in [2.45, 2.75) is 40.7 Å². The molecule has 0 saturated carbocycles. The van der Waals surface area contributed by atoms with Crippen LogP contribution in [-0.4, -0.2) is 24.5 Å². The van der Waals surface area contributed by atoms with E-state index >= 15 is 0 Å². The van der Waals surface area contributed by atoms with Crippen molar-refractivity contribution in [2.24, 2.45) is 0 Å². The lowest BCUT2D eigenvalue weighted by Crippen LogP contribution is -2.25. The first-order chi connectivity index (χ1) is 4.18. The van der Waals surface area contributed by atoms with Gasteiger partial charge in [-0.05, 0) is 27.4 Å². The molecule has 1 heteroatoms. The first kappa shape index (κ1) is 11.7. The molecule has 0 aliphatic rings. The van der Waals surface area contributed by atoms with Gasteiger partial charge in [0.25, 0.3) is 0 Å². The molecule has 0 atom stereocenters. The van der Waals surface area contributed by atoms with Crippen molar-refractivity contribution in [3.63, 3.8) is 0 Å². The van der Waals surface area contributed by atoms with Crippen LogP contribution in [-0.2, 0) is 0 Å². The molecule has 0 aliphatic carbocycles. The average Bonchev–Trinajstić information content (AvgIpc) is 1.91. The Hall–Kier alpha value is -0.0400. The predicted octanol–water partition coefficient (Wildman–Crippen LogP) is 2.37. The lowest BCUT2D eigenvalue weighted by Gasteiger charge is -2.17. The lowest BCUT2D eigenvalue weighted by molar-refractivity contribution is 0.289. The SMILES string of the molecule is CC.CCN(C)C(C)C. The molecule has 0 bridgehead atoms. The van der Waals surface area contributed by atoms with E-state index in [-0.39, 0.29) is 0 Å². The van der Waals surface area contributed by atoms with Crippen LogP contribution < -0.4 is 0 Å². The standard InChI is InChI=1S/C6H15N.C2H6/c1-5-7(4)6(2)3;1-2/h6H,5H2,1-4H3;1-2H3. The molecule has 0 aromatic heterocycles. The number of hydrogen-bond acceptors (Lipinski definition) is 1. The van der Waals surface area contributed by atoms with Gasteiger partial charge in [-0.15, -0.1) is 0 Å². The fourth-order valence-electron chi connectivity index (χ4n) is 0.365. The largest absolute Gasteiger partial charge is 0.304 e. The second kappa shape index (κ2) is 7.96. The summed E-state index contributed by atoms with van der Waals surface area (Å²) < 4.78 is 0. The maximum atomic E-state index is 2.29. The first-order valence-corrected chi connectivity index (χ1v) is 3.88. The average molecular weight is 131 g/mol. The summed E-state index contributed by atoms with van der Waals surface area (Å²) >= 11 is 0. The second-order valence-corrected chi connectivity index (χ2v) is 2.17. The summed E-state index contributed by atoms with van der Waals surface area (Å²) in [6, 6.07) is 0.699. The van der Waals surface area contributed by atoms with Crippen LogP contribution in [0.2, 0.25) is 0 Å². The quantitative estimate of drug-likeness (QED) is 0.556. The van der Waals surface area contributed by atoms with Gasteiger partial charge in [-0.3, -0.25) is 0 Å². The Balaban J connectivity index is 0. The van der Waals surface area contributed by atoms with E-state index in [4.69, 9.17) is 0 Å². The Morgan fingerprint density at radius 3 is 1.56 bits per heavy atom. The summed E-state index contributed by atoms with van der Waals surface area (Å²) in [4.78, 5) is 2.29. The molecule has 0 fully saturated rings. The highest BCUT2D eigenvalue weighted by atomic mass is 15.1. The van der Waals surface area contributed by atoms with Crippen LogP contribution in [0.3, 0.4) is 0 Å². The molecule has 0 heterocycles. The van der Waals surface area contributed by atoms with E-state index in [0.29, 0.717) is 6.04 Å². The molecule has 0 unspecified atom stereocenters. The van der Waals surface area contributed by atoms with Crippen molar-refractivity contribution >= 4 is 0 Å². The molecule has 1 nitrogen and oxygen atoms in total. The molecule has 0 N–H and O–H groups in total. The molecular weight excluding hydrogens is 110 g/mol. The molecule has 0 aromatic rings. The molecule has 0 saturated heterocycles. The minimum absolute atomic E-state index is 0.699. The summed E-state index contributed by atoms with van der Waals surface area (Å²) in [5.41, 5.74) is 0. The fourth-order valence-corrected chi connectivity index (χ4v) is 0.365. The van der Waals surface area contributed by atoms with Crippen molar-refractivity contribution in [3.05, 3.63) is 0 Å². The van der Waals surface area contributed by atoms with Gasteiger partial charge in [-0.1, -0.05) is 20.8 Å². The topological polar surface area (TPSA) is 3.24 Å². The smallest absolute Gasteiger partial charge is 0.00354 e. The summed E-state index contributed by atoms with van der Waals surface area (Å²) in [7, 11) is 2.13. The molecule has 9 heavy (non-hydrogen) atoms. The third-order valence-corrected chi connectivity index (χ3v) is 1.38. The van der Waals surface area contributed by atoms with Crippen LogP contribution in [0.4, 0.5) is 0 Å². The van der Waals surface area contributed by atoms with E-state index < -0.39 is 0 Å². The van der Waals surface area contributed by atoms with E-state index in [1.54, 1.807) is 0 Å². The van der Waals surface area contributed by atoms with Crippen molar-refractivity contribution < 1.29 is 0 Å². The van der Waals surface area contributed by atoms with E-state index in [1.165, 1.54) is 0 Å². The molecule has 0 aromatic carbocycles. The fraction of sp³-hybridized carbons (Fsp3) is 1.00. The summed E-state index contributed by atoms with van der Waals surface area (Å²) in [5, 5.41) is 0. The molecule has 58 valence electrons. The van der Waals surface area contributed by atoms with Crippen LogP contribution in [0.5, 0.6) is 0 Å². The first-order valence-electron chi connectivity index (χ1n) is 3.88. The van der Waals surface area contributed by atoms with Crippen LogP contribution in [0.15, 0.2) is 0 Å². The van der Waals surface area contributed by atoms with E-state index in [9.17, 15) is 0 Å². The molecule has 0 rings (SSSR count). The highest BCUT2D eigenvalue weighted by Crippen LogP contribution is 1.89. The zero-order valence-corrected chi connectivity index (χ0v) is 7.73. The Morgan fingerprint density at radius 2 is 1.56 bits per heavy atom. The van der Waals surface area contributed by atoms with Gasteiger partial charge in [0.15, 0.2) is 0 Å². The van der Waals surface area contributed by atoms with Gasteiger partial charge in [0, 0.05) is 6.04 Å². The van der Waals surface area contributed by atoms with Crippen molar-refractivity contribution in [1.29, 1.82) is 0 Å². The van der Waals surface area contributed by atoms with Crippen molar-refractivity contribution in [2.75, 3.05) is 13.6 Å². The molecule has 0 amide bonds. The van der Waals surface area contributed by atoms with Gasteiger partial charge in [-0.2, -0.15) is 0 Å². The second-order valence-electron chi connectivity index (χ2n) is 2.17. The molecule has 0 aliphatic heterocycles. The van der Waals surface area contributed by atoms with Gasteiger partial charge in [0.1, 0.15) is 0 Å². The maximum Gasteiger partial charge on any atom is 0.00354 e. The Morgan fingerprint density at radius 1 is 1.22 bits per heavy atom.